The first-order valence-corrected chi connectivity index (χ1v) is 17.5. The molecule has 0 nitrogen and oxygen atoms in total. The average molecular weight is 591 g/mol. The topological polar surface area (TPSA) is 0 Å². The van der Waals surface area contributed by atoms with E-state index in [4.69, 9.17) is 0 Å². The molecule has 0 fully saturated rings. The van der Waals surface area contributed by atoms with Crippen LogP contribution in [0.2, 0.25) is 0 Å². The average Bonchev–Trinajstić information content (AvgIpc) is 3.14. The fourth-order valence-electron chi connectivity index (χ4n) is 6.68. The summed E-state index contributed by atoms with van der Waals surface area (Å²) in [6.45, 7) is 0. The minimum Gasteiger partial charge on any atom is -0.0623 e. The van der Waals surface area contributed by atoms with Crippen LogP contribution in [-0.4, -0.2) is 8.07 Å². The maximum Gasteiger partial charge on any atom is 0.179 e. The zero-order chi connectivity index (χ0) is 30.3. The Labute approximate surface area is 267 Å². The third-order valence-corrected chi connectivity index (χ3v) is 13.5. The first-order chi connectivity index (χ1) is 22.4. The van der Waals surface area contributed by atoms with Crippen LogP contribution in [0, 0.1) is 0 Å². The Hall–Kier alpha value is -5.50. The highest BCUT2D eigenvalue weighted by molar-refractivity contribution is 7.19. The maximum absolute atomic E-state index is 2.61. The van der Waals surface area contributed by atoms with Crippen LogP contribution >= 0.6 is 0 Å². The second-order valence-electron chi connectivity index (χ2n) is 11.3. The van der Waals surface area contributed by atoms with Crippen LogP contribution in [0.3, 0.4) is 0 Å². The normalized spacial score (nSPS) is 11.1. The molecule has 0 aliphatic rings. The van der Waals surface area contributed by atoms with E-state index in [9.17, 15) is 0 Å². The van der Waals surface area contributed by atoms with Crippen molar-refractivity contribution in [1.29, 1.82) is 0 Å². The quantitative estimate of drug-likeness (QED) is 0.0954. The Kier molecular flexibility index (Phi) is 8.18. The van der Waals surface area contributed by atoms with Crippen LogP contribution in [-0.2, 0) is 0 Å². The predicted molar refractivity (Wildman–Crippen MR) is 194 cm³/mol. The van der Waals surface area contributed by atoms with Crippen molar-refractivity contribution in [2.24, 2.45) is 0 Å². The molecule has 7 aromatic carbocycles. The third-order valence-electron chi connectivity index (χ3n) is 8.66. The van der Waals surface area contributed by atoms with Crippen LogP contribution in [0.15, 0.2) is 206 Å². The molecule has 0 N–H and O–H groups in total. The molecule has 0 saturated heterocycles. The Balaban J connectivity index is 1.50. The molecule has 0 bridgehead atoms. The van der Waals surface area contributed by atoms with Gasteiger partial charge in [-0.3, -0.25) is 0 Å². The summed E-state index contributed by atoms with van der Waals surface area (Å²) in [6.07, 6.45) is 0. The van der Waals surface area contributed by atoms with Gasteiger partial charge in [0, 0.05) is 0 Å². The van der Waals surface area contributed by atoms with Crippen LogP contribution < -0.4 is 20.7 Å². The zero-order valence-corrected chi connectivity index (χ0v) is 26.1. The highest BCUT2D eigenvalue weighted by atomic mass is 28.3. The molecule has 0 amide bonds. The van der Waals surface area contributed by atoms with E-state index in [2.05, 4.69) is 206 Å². The summed E-state index contributed by atoms with van der Waals surface area (Å²) in [5, 5.41) is 5.50. The summed E-state index contributed by atoms with van der Waals surface area (Å²) in [5.74, 6) is 0. The maximum atomic E-state index is 2.39. The standard InChI is InChI=1S/C44H34Si/c1-7-19-35(20-8-1)43(36-21-9-2-10-22-36)44(37-23-11-3-12-24-37)38-31-33-42(34-32-38)45(39-25-13-4-14-26-39,40-27-15-5-16-28-40)41-29-17-6-18-30-41/h1-34H. The molecule has 1 heteroatoms. The Morgan fingerprint density at radius 2 is 0.444 bits per heavy atom. The lowest BCUT2D eigenvalue weighted by Gasteiger charge is -2.34. The molecule has 0 aliphatic heterocycles. The zero-order valence-electron chi connectivity index (χ0n) is 25.1. The highest BCUT2D eigenvalue weighted by Gasteiger charge is 2.41. The minimum atomic E-state index is -2.61. The van der Waals surface area contributed by atoms with Gasteiger partial charge >= 0.3 is 0 Å². The predicted octanol–water partition coefficient (Wildman–Crippen LogP) is 8.07. The fourth-order valence-corrected chi connectivity index (χ4v) is 11.4. The van der Waals surface area contributed by atoms with Crippen molar-refractivity contribution in [3.63, 3.8) is 0 Å². The van der Waals surface area contributed by atoms with E-state index in [0.717, 1.165) is 0 Å². The van der Waals surface area contributed by atoms with E-state index in [1.165, 1.54) is 54.1 Å². The van der Waals surface area contributed by atoms with E-state index in [1.807, 2.05) is 0 Å². The SMILES string of the molecule is c1ccc(C(=C(c2ccccc2)c2ccc([Si](c3ccccc3)(c3ccccc3)c3ccccc3)cc2)c2ccccc2)cc1. The molecule has 0 radical (unpaired) electrons. The molecule has 7 rings (SSSR count). The van der Waals surface area contributed by atoms with Crippen molar-refractivity contribution in [2.45, 2.75) is 0 Å². The summed E-state index contributed by atoms with van der Waals surface area (Å²) >= 11 is 0. The molecular weight excluding hydrogens is 557 g/mol. The number of rotatable bonds is 8. The van der Waals surface area contributed by atoms with Crippen molar-refractivity contribution in [2.75, 3.05) is 0 Å². The Morgan fingerprint density at radius 3 is 0.733 bits per heavy atom. The fraction of sp³-hybridized carbons (Fsp3) is 0. The first-order valence-electron chi connectivity index (χ1n) is 15.5. The molecule has 0 saturated carbocycles. The van der Waals surface area contributed by atoms with Gasteiger partial charge in [-0.05, 0) is 54.1 Å². The van der Waals surface area contributed by atoms with Crippen LogP contribution in [0.25, 0.3) is 11.1 Å². The van der Waals surface area contributed by atoms with E-state index in [0.29, 0.717) is 0 Å². The van der Waals surface area contributed by atoms with Gasteiger partial charge in [0.15, 0.2) is 8.07 Å². The van der Waals surface area contributed by atoms with E-state index in [-0.39, 0.29) is 0 Å². The van der Waals surface area contributed by atoms with Gasteiger partial charge in [0.2, 0.25) is 0 Å². The monoisotopic (exact) mass is 590 g/mol. The molecular formula is C44H34Si. The summed E-state index contributed by atoms with van der Waals surface area (Å²) in [6, 6.07) is 75.2. The van der Waals surface area contributed by atoms with Crippen molar-refractivity contribution in [1.82, 2.24) is 0 Å². The molecule has 0 aliphatic carbocycles. The van der Waals surface area contributed by atoms with Gasteiger partial charge in [-0.25, -0.2) is 0 Å². The lowest BCUT2D eigenvalue weighted by molar-refractivity contribution is 1.50. The number of hydrogen-bond acceptors (Lipinski definition) is 0. The summed E-state index contributed by atoms with van der Waals surface area (Å²) in [7, 11) is -2.61. The molecule has 0 heterocycles. The summed E-state index contributed by atoms with van der Waals surface area (Å²) in [4.78, 5) is 0. The highest BCUT2D eigenvalue weighted by Crippen LogP contribution is 2.36. The molecule has 0 aromatic heterocycles. The summed E-state index contributed by atoms with van der Waals surface area (Å²) < 4.78 is 0. The third kappa shape index (κ3) is 5.51. The Bertz CT molecular complexity index is 1840. The van der Waals surface area contributed by atoms with E-state index in [1.54, 1.807) is 0 Å². The lowest BCUT2D eigenvalue weighted by Crippen LogP contribution is -2.74. The van der Waals surface area contributed by atoms with Gasteiger partial charge in [-0.1, -0.05) is 206 Å². The molecule has 0 atom stereocenters. The molecule has 214 valence electrons. The second-order valence-corrected chi connectivity index (χ2v) is 15.1. The van der Waals surface area contributed by atoms with Gasteiger partial charge in [0.05, 0.1) is 0 Å². The van der Waals surface area contributed by atoms with Crippen molar-refractivity contribution in [3.8, 4) is 0 Å². The van der Waals surface area contributed by atoms with Gasteiger partial charge in [0.25, 0.3) is 0 Å². The van der Waals surface area contributed by atoms with Gasteiger partial charge in [-0.15, -0.1) is 0 Å². The van der Waals surface area contributed by atoms with Crippen LogP contribution in [0.4, 0.5) is 0 Å². The van der Waals surface area contributed by atoms with E-state index >= 15 is 0 Å². The van der Waals surface area contributed by atoms with Crippen molar-refractivity contribution >= 4 is 40.0 Å². The van der Waals surface area contributed by atoms with Gasteiger partial charge in [-0.2, -0.15) is 0 Å². The lowest BCUT2D eigenvalue weighted by atomic mass is 9.86. The van der Waals surface area contributed by atoms with Crippen LogP contribution in [0.5, 0.6) is 0 Å². The largest absolute Gasteiger partial charge is 0.179 e. The molecule has 45 heavy (non-hydrogen) atoms. The first kappa shape index (κ1) is 28.3. The van der Waals surface area contributed by atoms with E-state index < -0.39 is 8.07 Å². The number of hydrogen-bond donors (Lipinski definition) is 0. The second kappa shape index (κ2) is 13.0. The number of benzene rings is 7. The molecule has 0 spiro atoms. The van der Waals surface area contributed by atoms with Gasteiger partial charge < -0.3 is 0 Å². The molecule has 0 unspecified atom stereocenters. The van der Waals surface area contributed by atoms with Crippen molar-refractivity contribution in [3.05, 3.63) is 229 Å². The Morgan fingerprint density at radius 1 is 0.222 bits per heavy atom. The van der Waals surface area contributed by atoms with Crippen molar-refractivity contribution < 1.29 is 0 Å². The van der Waals surface area contributed by atoms with Crippen LogP contribution in [0.1, 0.15) is 22.3 Å². The van der Waals surface area contributed by atoms with Gasteiger partial charge in [0.1, 0.15) is 0 Å². The summed E-state index contributed by atoms with van der Waals surface area (Å²) in [5.41, 5.74) is 7.26. The smallest absolute Gasteiger partial charge is 0.0623 e. The molecule has 7 aromatic rings. The minimum absolute atomic E-state index is 1.20.